The first-order valence-corrected chi connectivity index (χ1v) is 8.70. The van der Waals surface area contributed by atoms with Crippen LogP contribution in [0.1, 0.15) is 17.5 Å². The van der Waals surface area contributed by atoms with Crippen LogP contribution in [-0.2, 0) is 11.2 Å². The van der Waals surface area contributed by atoms with Gasteiger partial charge in [0.2, 0.25) is 5.13 Å². The molecule has 2 aromatic rings. The summed E-state index contributed by atoms with van der Waals surface area (Å²) in [5, 5.41) is 30.5. The largest absolute Gasteiger partial charge is 0.504 e. The summed E-state index contributed by atoms with van der Waals surface area (Å²) in [6.07, 6.45) is 2.14. The van der Waals surface area contributed by atoms with E-state index in [9.17, 15) is 15.2 Å². The van der Waals surface area contributed by atoms with Gasteiger partial charge in [-0.25, -0.2) is 0 Å². The van der Waals surface area contributed by atoms with Gasteiger partial charge in [-0.1, -0.05) is 18.3 Å². The minimum atomic E-state index is -0.571. The molecule has 0 aliphatic heterocycles. The molecule has 0 bridgehead atoms. The van der Waals surface area contributed by atoms with E-state index in [-0.39, 0.29) is 17.1 Å². The summed E-state index contributed by atoms with van der Waals surface area (Å²) in [4.78, 5) is 12.2. The van der Waals surface area contributed by atoms with Gasteiger partial charge in [0.25, 0.3) is 5.91 Å². The number of halogens is 1. The van der Waals surface area contributed by atoms with Crippen LogP contribution in [0.4, 0.5) is 5.13 Å². The predicted octanol–water partition coefficient (Wildman–Crippen LogP) is 2.96. The van der Waals surface area contributed by atoms with Crippen molar-refractivity contribution >= 4 is 51.0 Å². The summed E-state index contributed by atoms with van der Waals surface area (Å²) in [5.74, 6) is -0.292. The van der Waals surface area contributed by atoms with Crippen LogP contribution in [0.2, 0.25) is 0 Å². The molecule has 0 unspecified atom stereocenters. The lowest BCUT2D eigenvalue weighted by atomic mass is 10.1. The standard InChI is InChI=1S/C15H13IN4O3S/c1-3-12-19-20-15(24-12)18-14(22)9(7-17)4-8-5-10(16)13(21)11(6-8)23-2/h4-6,21H,3H2,1-2H3,(H,18,20,22)/b9-4+. The van der Waals surface area contributed by atoms with Gasteiger partial charge >= 0.3 is 0 Å². The second-order valence-electron chi connectivity index (χ2n) is 4.53. The second-order valence-corrected chi connectivity index (χ2v) is 6.76. The molecule has 1 aromatic carbocycles. The van der Waals surface area contributed by atoms with E-state index in [1.54, 1.807) is 12.1 Å². The van der Waals surface area contributed by atoms with Crippen LogP contribution >= 0.6 is 33.9 Å². The molecule has 1 heterocycles. The molecule has 0 saturated heterocycles. The number of nitrogens with one attached hydrogen (secondary N) is 1. The van der Waals surface area contributed by atoms with E-state index in [1.807, 2.05) is 35.6 Å². The number of methoxy groups -OCH3 is 1. The van der Waals surface area contributed by atoms with Gasteiger partial charge in [-0.05, 0) is 52.8 Å². The molecule has 2 N–H and O–H groups in total. The summed E-state index contributed by atoms with van der Waals surface area (Å²) in [7, 11) is 1.43. The average molecular weight is 456 g/mol. The number of benzene rings is 1. The Morgan fingerprint density at radius 3 is 2.88 bits per heavy atom. The first kappa shape index (κ1) is 18.2. The molecule has 7 nitrogen and oxygen atoms in total. The first-order chi connectivity index (χ1) is 11.5. The van der Waals surface area contributed by atoms with Crippen molar-refractivity contribution in [2.24, 2.45) is 0 Å². The fourth-order valence-electron chi connectivity index (χ4n) is 1.76. The van der Waals surface area contributed by atoms with Crippen molar-refractivity contribution in [1.82, 2.24) is 10.2 Å². The van der Waals surface area contributed by atoms with E-state index in [0.29, 0.717) is 14.3 Å². The minimum Gasteiger partial charge on any atom is -0.504 e. The zero-order valence-corrected chi connectivity index (χ0v) is 15.8. The van der Waals surface area contributed by atoms with Gasteiger partial charge in [0.15, 0.2) is 11.5 Å². The quantitative estimate of drug-likeness (QED) is 0.407. The maximum atomic E-state index is 12.2. The number of anilines is 1. The third-order valence-electron chi connectivity index (χ3n) is 2.94. The predicted molar refractivity (Wildman–Crippen MR) is 98.9 cm³/mol. The van der Waals surface area contributed by atoms with Crippen LogP contribution in [0.3, 0.4) is 0 Å². The van der Waals surface area contributed by atoms with Crippen molar-refractivity contribution in [2.45, 2.75) is 13.3 Å². The number of amides is 1. The summed E-state index contributed by atoms with van der Waals surface area (Å²) in [5.41, 5.74) is 0.471. The number of nitriles is 1. The Morgan fingerprint density at radius 1 is 1.54 bits per heavy atom. The minimum absolute atomic E-state index is 0.0131. The van der Waals surface area contributed by atoms with E-state index in [4.69, 9.17) is 4.74 Å². The highest BCUT2D eigenvalue weighted by Crippen LogP contribution is 2.33. The molecule has 1 aromatic heterocycles. The molecule has 0 atom stereocenters. The third kappa shape index (κ3) is 4.21. The molecular formula is C15H13IN4O3S. The number of phenols is 1. The maximum Gasteiger partial charge on any atom is 0.268 e. The van der Waals surface area contributed by atoms with Gasteiger partial charge in [-0.15, -0.1) is 10.2 Å². The molecule has 0 aliphatic rings. The molecule has 0 fully saturated rings. The summed E-state index contributed by atoms with van der Waals surface area (Å²) >= 11 is 3.20. The highest BCUT2D eigenvalue weighted by atomic mass is 127. The van der Waals surface area contributed by atoms with Gasteiger partial charge < -0.3 is 9.84 Å². The topological polar surface area (TPSA) is 108 Å². The van der Waals surface area contributed by atoms with Crippen molar-refractivity contribution in [2.75, 3.05) is 12.4 Å². The Morgan fingerprint density at radius 2 is 2.29 bits per heavy atom. The number of carbonyl (C=O) groups is 1. The van der Waals surface area contributed by atoms with Crippen LogP contribution in [0.25, 0.3) is 6.08 Å². The highest BCUT2D eigenvalue weighted by molar-refractivity contribution is 14.1. The van der Waals surface area contributed by atoms with Crippen LogP contribution in [0.5, 0.6) is 11.5 Å². The maximum absolute atomic E-state index is 12.2. The van der Waals surface area contributed by atoms with Crippen molar-refractivity contribution < 1.29 is 14.6 Å². The van der Waals surface area contributed by atoms with Crippen LogP contribution < -0.4 is 10.1 Å². The normalized spacial score (nSPS) is 11.0. The average Bonchev–Trinajstić information content (AvgIpc) is 3.02. The van der Waals surface area contributed by atoms with Crippen molar-refractivity contribution in [3.05, 3.63) is 31.8 Å². The molecule has 124 valence electrons. The van der Waals surface area contributed by atoms with Gasteiger partial charge in [-0.3, -0.25) is 10.1 Å². The molecule has 0 saturated carbocycles. The Hall–Kier alpha value is -2.19. The van der Waals surface area contributed by atoms with Crippen LogP contribution in [-0.4, -0.2) is 28.3 Å². The lowest BCUT2D eigenvalue weighted by Crippen LogP contribution is -2.13. The number of carbonyl (C=O) groups excluding carboxylic acids is 1. The molecule has 2 rings (SSSR count). The lowest BCUT2D eigenvalue weighted by Gasteiger charge is -2.07. The molecule has 1 amide bonds. The van der Waals surface area contributed by atoms with Gasteiger partial charge in [0.05, 0.1) is 10.7 Å². The number of hydrogen-bond donors (Lipinski definition) is 2. The monoisotopic (exact) mass is 456 g/mol. The summed E-state index contributed by atoms with van der Waals surface area (Å²) < 4.78 is 5.62. The molecule has 0 radical (unpaired) electrons. The molecule has 9 heteroatoms. The zero-order valence-electron chi connectivity index (χ0n) is 12.8. The molecule has 0 spiro atoms. The van der Waals surface area contributed by atoms with E-state index in [0.717, 1.165) is 11.4 Å². The number of aryl methyl sites for hydroxylation is 1. The van der Waals surface area contributed by atoms with Crippen LogP contribution in [0, 0.1) is 14.9 Å². The van der Waals surface area contributed by atoms with E-state index in [1.165, 1.54) is 24.5 Å². The number of nitrogens with zero attached hydrogens (tertiary/aromatic N) is 3. The van der Waals surface area contributed by atoms with E-state index in [2.05, 4.69) is 15.5 Å². The number of hydrogen-bond acceptors (Lipinski definition) is 7. The van der Waals surface area contributed by atoms with E-state index < -0.39 is 5.91 Å². The SMILES string of the molecule is CCc1nnc(NC(=O)/C(C#N)=C/c2cc(I)c(O)c(OC)c2)s1. The van der Waals surface area contributed by atoms with Crippen molar-refractivity contribution in [3.63, 3.8) is 0 Å². The number of aromatic nitrogens is 2. The molecular weight excluding hydrogens is 443 g/mol. The molecule has 0 aliphatic carbocycles. The molecule has 24 heavy (non-hydrogen) atoms. The highest BCUT2D eigenvalue weighted by Gasteiger charge is 2.14. The first-order valence-electron chi connectivity index (χ1n) is 6.80. The fraction of sp³-hybridized carbons (Fsp3) is 0.200. The van der Waals surface area contributed by atoms with Crippen molar-refractivity contribution in [1.29, 1.82) is 5.26 Å². The number of ether oxygens (including phenoxy) is 1. The van der Waals surface area contributed by atoms with Gasteiger partial charge in [0.1, 0.15) is 16.6 Å². The van der Waals surface area contributed by atoms with Crippen molar-refractivity contribution in [3.8, 4) is 17.6 Å². The third-order valence-corrected chi connectivity index (χ3v) is 4.74. The smallest absolute Gasteiger partial charge is 0.268 e. The Balaban J connectivity index is 2.27. The summed E-state index contributed by atoms with van der Waals surface area (Å²) in [6, 6.07) is 5.05. The van der Waals surface area contributed by atoms with Gasteiger partial charge in [0, 0.05) is 0 Å². The second kappa shape index (κ2) is 8.07. The van der Waals surface area contributed by atoms with Gasteiger partial charge in [-0.2, -0.15) is 5.26 Å². The number of phenolic OH excluding ortho intramolecular Hbond substituents is 1. The Bertz CT molecular complexity index is 842. The zero-order chi connectivity index (χ0) is 17.7. The van der Waals surface area contributed by atoms with Crippen LogP contribution in [0.15, 0.2) is 17.7 Å². The fourth-order valence-corrected chi connectivity index (χ4v) is 3.06. The summed E-state index contributed by atoms with van der Waals surface area (Å²) in [6.45, 7) is 1.94. The Labute approximate surface area is 156 Å². The number of aromatic hydroxyl groups is 1. The number of rotatable bonds is 5. The Kier molecular flexibility index (Phi) is 6.10. The van der Waals surface area contributed by atoms with E-state index >= 15 is 0 Å². The lowest BCUT2D eigenvalue weighted by molar-refractivity contribution is -0.112.